The molecule has 108 valence electrons. The molecule has 0 saturated carbocycles. The molecule has 0 amide bonds. The highest BCUT2D eigenvalue weighted by Crippen LogP contribution is 2.34. The first-order chi connectivity index (χ1) is 8.59. The Labute approximate surface area is 124 Å². The maximum atomic E-state index is 12.5. The number of nitrogens with zero attached hydrogens (tertiary/aromatic N) is 1. The zero-order valence-corrected chi connectivity index (χ0v) is 13.6. The van der Waals surface area contributed by atoms with Gasteiger partial charge in [-0.05, 0) is 25.0 Å². The van der Waals surface area contributed by atoms with Gasteiger partial charge in [-0.25, -0.2) is 8.42 Å². The summed E-state index contributed by atoms with van der Waals surface area (Å²) in [5, 5.41) is 0.0700. The smallest absolute Gasteiger partial charge is 0.246 e. The molecule has 0 spiro atoms. The molecule has 1 unspecified atom stereocenters. The molecule has 2 N–H and O–H groups in total. The van der Waals surface area contributed by atoms with Gasteiger partial charge in [0.1, 0.15) is 4.90 Å². The highest BCUT2D eigenvalue weighted by Gasteiger charge is 2.31. The van der Waals surface area contributed by atoms with E-state index in [4.69, 9.17) is 28.9 Å². The fourth-order valence-corrected chi connectivity index (χ4v) is 4.28. The molecule has 1 aromatic rings. The van der Waals surface area contributed by atoms with Crippen LogP contribution in [0, 0.1) is 5.92 Å². The predicted octanol–water partition coefficient (Wildman–Crippen LogP) is 3.24. The molecule has 0 heterocycles. The van der Waals surface area contributed by atoms with Crippen molar-refractivity contribution in [2.45, 2.75) is 31.7 Å². The Morgan fingerprint density at radius 3 is 1.95 bits per heavy atom. The Hall–Kier alpha value is -0.490. The Kier molecular flexibility index (Phi) is 5.12. The molecule has 1 rings (SSSR count). The van der Waals surface area contributed by atoms with E-state index in [0.29, 0.717) is 5.69 Å². The molecule has 0 aromatic heterocycles. The van der Waals surface area contributed by atoms with Crippen molar-refractivity contribution in [3.8, 4) is 0 Å². The molecule has 0 fully saturated rings. The number of nitrogen functional groups attached to an aromatic ring is 1. The summed E-state index contributed by atoms with van der Waals surface area (Å²) in [6, 6.07) is 2.59. The van der Waals surface area contributed by atoms with Crippen molar-refractivity contribution in [2.24, 2.45) is 5.92 Å². The highest BCUT2D eigenvalue weighted by atomic mass is 35.5. The van der Waals surface area contributed by atoms with Crippen molar-refractivity contribution >= 4 is 38.9 Å². The third-order valence-corrected chi connectivity index (χ3v) is 6.06. The minimum absolute atomic E-state index is 0.0350. The normalized spacial score (nSPS) is 14.1. The van der Waals surface area contributed by atoms with Crippen molar-refractivity contribution in [1.29, 1.82) is 0 Å². The topological polar surface area (TPSA) is 63.4 Å². The average Bonchev–Trinajstić information content (AvgIpc) is 2.24. The van der Waals surface area contributed by atoms with Crippen LogP contribution in [-0.2, 0) is 10.0 Å². The van der Waals surface area contributed by atoms with E-state index >= 15 is 0 Å². The highest BCUT2D eigenvalue weighted by molar-refractivity contribution is 7.89. The van der Waals surface area contributed by atoms with Crippen molar-refractivity contribution < 1.29 is 8.42 Å². The molecule has 19 heavy (non-hydrogen) atoms. The van der Waals surface area contributed by atoms with Gasteiger partial charge in [0.2, 0.25) is 10.0 Å². The van der Waals surface area contributed by atoms with E-state index in [-0.39, 0.29) is 26.9 Å². The van der Waals surface area contributed by atoms with Crippen molar-refractivity contribution in [2.75, 3.05) is 12.8 Å². The van der Waals surface area contributed by atoms with Gasteiger partial charge >= 0.3 is 0 Å². The summed E-state index contributed by atoms with van der Waals surface area (Å²) in [6.07, 6.45) is 0. The molecular weight excluding hydrogens is 307 g/mol. The Balaban J connectivity index is 3.36. The van der Waals surface area contributed by atoms with E-state index in [1.165, 1.54) is 23.5 Å². The Morgan fingerprint density at radius 2 is 1.58 bits per heavy atom. The van der Waals surface area contributed by atoms with Gasteiger partial charge in [0.15, 0.2) is 0 Å². The van der Waals surface area contributed by atoms with Crippen LogP contribution in [0.15, 0.2) is 17.0 Å². The molecule has 0 radical (unpaired) electrons. The first kappa shape index (κ1) is 16.6. The number of hydrogen-bond donors (Lipinski definition) is 1. The summed E-state index contributed by atoms with van der Waals surface area (Å²) in [7, 11) is -2.23. The lowest BCUT2D eigenvalue weighted by Gasteiger charge is -2.27. The second-order valence-corrected chi connectivity index (χ2v) is 7.57. The lowest BCUT2D eigenvalue weighted by Crippen LogP contribution is -2.38. The minimum atomic E-state index is -3.75. The lowest BCUT2D eigenvalue weighted by atomic mass is 10.1. The van der Waals surface area contributed by atoms with Gasteiger partial charge in [0.05, 0.1) is 10.0 Å². The maximum absolute atomic E-state index is 12.5. The number of benzene rings is 1. The first-order valence-corrected chi connectivity index (χ1v) is 8.01. The van der Waals surface area contributed by atoms with Crippen LogP contribution in [-0.4, -0.2) is 25.8 Å². The molecule has 1 atom stereocenters. The fraction of sp³-hybridized carbons (Fsp3) is 0.500. The number of rotatable bonds is 4. The van der Waals surface area contributed by atoms with Gasteiger partial charge in [0.25, 0.3) is 0 Å². The first-order valence-electron chi connectivity index (χ1n) is 5.81. The van der Waals surface area contributed by atoms with E-state index < -0.39 is 10.0 Å². The van der Waals surface area contributed by atoms with Crippen molar-refractivity contribution in [1.82, 2.24) is 4.31 Å². The second kappa shape index (κ2) is 5.87. The third-order valence-electron chi connectivity index (χ3n) is 3.20. The summed E-state index contributed by atoms with van der Waals surface area (Å²) < 4.78 is 26.4. The SMILES string of the molecule is CC(C)C(C)N(C)S(=O)(=O)c1c(Cl)cc(N)cc1Cl. The van der Waals surface area contributed by atoms with Crippen LogP contribution in [0.1, 0.15) is 20.8 Å². The quantitative estimate of drug-likeness (QED) is 0.865. The maximum Gasteiger partial charge on any atom is 0.246 e. The molecule has 0 saturated heterocycles. The zero-order valence-electron chi connectivity index (χ0n) is 11.3. The number of nitrogens with two attached hydrogens (primary N) is 1. The fourth-order valence-electron chi connectivity index (χ4n) is 1.61. The lowest BCUT2D eigenvalue weighted by molar-refractivity contribution is 0.316. The predicted molar refractivity (Wildman–Crippen MR) is 80.1 cm³/mol. The zero-order chi connectivity index (χ0) is 15.0. The monoisotopic (exact) mass is 324 g/mol. The summed E-state index contributed by atoms with van der Waals surface area (Å²) in [4.78, 5) is -0.0972. The molecule has 0 aliphatic rings. The van der Waals surface area contributed by atoms with Crippen LogP contribution in [0.25, 0.3) is 0 Å². The van der Waals surface area contributed by atoms with Crippen molar-refractivity contribution in [3.63, 3.8) is 0 Å². The van der Waals surface area contributed by atoms with Crippen LogP contribution in [0.2, 0.25) is 10.0 Å². The summed E-state index contributed by atoms with van der Waals surface area (Å²) in [5.41, 5.74) is 5.91. The molecule has 1 aromatic carbocycles. The van der Waals surface area contributed by atoms with Gasteiger partial charge in [-0.2, -0.15) is 4.31 Å². The summed E-state index contributed by atoms with van der Waals surface area (Å²) >= 11 is 12.0. The number of anilines is 1. The molecule has 0 aliphatic heterocycles. The average molecular weight is 325 g/mol. The van der Waals surface area contributed by atoms with Gasteiger partial charge in [-0.1, -0.05) is 37.0 Å². The number of halogens is 2. The molecule has 0 aliphatic carbocycles. The third kappa shape index (κ3) is 3.34. The van der Waals surface area contributed by atoms with Crippen LogP contribution < -0.4 is 5.73 Å². The van der Waals surface area contributed by atoms with E-state index in [0.717, 1.165) is 0 Å². The second-order valence-electron chi connectivity index (χ2n) is 4.82. The molecule has 0 bridgehead atoms. The summed E-state index contributed by atoms with van der Waals surface area (Å²) in [6.45, 7) is 5.73. The number of sulfonamides is 1. The Bertz CT molecular complexity index is 550. The van der Waals surface area contributed by atoms with Crippen molar-refractivity contribution in [3.05, 3.63) is 22.2 Å². The van der Waals surface area contributed by atoms with Gasteiger partial charge in [-0.3, -0.25) is 0 Å². The van der Waals surface area contributed by atoms with Crippen LogP contribution in [0.4, 0.5) is 5.69 Å². The largest absolute Gasteiger partial charge is 0.399 e. The molecular formula is C12H18Cl2N2O2S. The van der Waals surface area contributed by atoms with E-state index in [1.807, 2.05) is 20.8 Å². The minimum Gasteiger partial charge on any atom is -0.399 e. The van der Waals surface area contributed by atoms with Gasteiger partial charge in [0, 0.05) is 18.8 Å². The van der Waals surface area contributed by atoms with E-state index in [1.54, 1.807) is 0 Å². The van der Waals surface area contributed by atoms with Crippen LogP contribution in [0.3, 0.4) is 0 Å². The van der Waals surface area contributed by atoms with E-state index in [9.17, 15) is 8.42 Å². The summed E-state index contributed by atoms with van der Waals surface area (Å²) in [5.74, 6) is 0.172. The standard InChI is InChI=1S/C12H18Cl2N2O2S/c1-7(2)8(3)16(4)19(17,18)12-10(13)5-9(15)6-11(12)14/h5-8H,15H2,1-4H3. The molecule has 7 heteroatoms. The van der Waals surface area contributed by atoms with Crippen LogP contribution >= 0.6 is 23.2 Å². The van der Waals surface area contributed by atoms with Gasteiger partial charge < -0.3 is 5.73 Å². The van der Waals surface area contributed by atoms with Gasteiger partial charge in [-0.15, -0.1) is 0 Å². The number of hydrogen-bond acceptors (Lipinski definition) is 3. The van der Waals surface area contributed by atoms with Crippen LogP contribution in [0.5, 0.6) is 0 Å². The van der Waals surface area contributed by atoms with E-state index in [2.05, 4.69) is 0 Å². The Morgan fingerprint density at radius 1 is 1.16 bits per heavy atom. The molecule has 4 nitrogen and oxygen atoms in total.